The van der Waals surface area contributed by atoms with Crippen LogP contribution >= 0.6 is 0 Å². The van der Waals surface area contributed by atoms with Crippen LogP contribution in [0.5, 0.6) is 0 Å². The average molecular weight is 598 g/mol. The third-order valence-electron chi connectivity index (χ3n) is 6.68. The van der Waals surface area contributed by atoms with E-state index in [1.165, 1.54) is 12.4 Å². The second kappa shape index (κ2) is 13.2. The number of nitrogens with one attached hydrogen (secondary N) is 3. The second-order valence-corrected chi connectivity index (χ2v) is 10.4. The maximum Gasteiger partial charge on any atom is 0.276 e. The molecule has 5 rings (SSSR count). The van der Waals surface area contributed by atoms with Crippen molar-refractivity contribution in [2.24, 2.45) is 5.10 Å². The van der Waals surface area contributed by atoms with Crippen LogP contribution in [-0.4, -0.2) is 52.6 Å². The van der Waals surface area contributed by atoms with Gasteiger partial charge < -0.3 is 15.5 Å². The first-order chi connectivity index (χ1) is 21.2. The van der Waals surface area contributed by atoms with Gasteiger partial charge in [0.15, 0.2) is 17.3 Å². The van der Waals surface area contributed by atoms with E-state index in [9.17, 15) is 23.2 Å². The van der Waals surface area contributed by atoms with Crippen LogP contribution in [0.2, 0.25) is 0 Å². The lowest BCUT2D eigenvalue weighted by molar-refractivity contribution is -0.110. The summed E-state index contributed by atoms with van der Waals surface area (Å²) in [7, 11) is 4.00. The summed E-state index contributed by atoms with van der Waals surface area (Å²) < 4.78 is 27.9. The Bertz CT molecular complexity index is 1830. The van der Waals surface area contributed by atoms with Gasteiger partial charge in [0, 0.05) is 24.8 Å². The first kappa shape index (κ1) is 30.0. The number of hydrogen-bond acceptors (Lipinski definition) is 7. The molecule has 1 aliphatic heterocycles. The van der Waals surface area contributed by atoms with Gasteiger partial charge in [0.1, 0.15) is 5.56 Å². The Morgan fingerprint density at radius 2 is 1.80 bits per heavy atom. The number of hydrazone groups is 1. The topological polar surface area (TPSA) is 121 Å². The standard InChI is InChI=1S/C32H29F2N7O3/c1-40(2)17-21-5-9-23(10-6-21)38-39-29-24-11-7-20(15-28(24)37-31(29)43)4-3-13-36-30(42)25-16-35-19-41(32(25)44)18-22-8-12-26(33)27(34)14-22/h3-12,14-16,19,38H,13,17-18H2,1-2H3,(H,36,42)(H,37,39,43)/b4-3+. The number of carbonyl (C=O) groups excluding carboxylic acids is 2. The number of fused-ring (bicyclic) bond motifs is 1. The summed E-state index contributed by atoms with van der Waals surface area (Å²) in [4.78, 5) is 44.0. The van der Waals surface area contributed by atoms with Crippen molar-refractivity contribution in [3.8, 4) is 0 Å². The Kier molecular flexibility index (Phi) is 9.01. The molecule has 224 valence electrons. The number of nitrogens with zero attached hydrogens (tertiary/aromatic N) is 4. The number of amides is 2. The third kappa shape index (κ3) is 7.10. The van der Waals surface area contributed by atoms with Gasteiger partial charge in [0.2, 0.25) is 0 Å². The molecule has 4 aromatic rings. The fraction of sp³-hybridized carbons (Fsp3) is 0.156. The molecule has 1 aliphatic rings. The van der Waals surface area contributed by atoms with Gasteiger partial charge in [0.05, 0.1) is 24.2 Å². The van der Waals surface area contributed by atoms with Gasteiger partial charge in [-0.3, -0.25) is 24.4 Å². The monoisotopic (exact) mass is 597 g/mol. The van der Waals surface area contributed by atoms with Crippen molar-refractivity contribution in [2.45, 2.75) is 13.1 Å². The highest BCUT2D eigenvalue weighted by molar-refractivity contribution is 6.53. The SMILES string of the molecule is CN(C)Cc1ccc(N/N=C2\C(=O)Nc3cc(/C=C/CNC(=O)c4cncn(Cc5ccc(F)c(F)c5)c4=O)ccc32)cc1. The van der Waals surface area contributed by atoms with Crippen molar-refractivity contribution in [3.63, 3.8) is 0 Å². The second-order valence-electron chi connectivity index (χ2n) is 10.4. The number of hydrogen-bond donors (Lipinski definition) is 3. The molecule has 3 N–H and O–H groups in total. The summed E-state index contributed by atoms with van der Waals surface area (Å²) in [6.45, 7) is 0.860. The normalized spacial score (nSPS) is 13.4. The first-order valence-electron chi connectivity index (χ1n) is 13.6. The van der Waals surface area contributed by atoms with Crippen molar-refractivity contribution in [1.82, 2.24) is 19.8 Å². The average Bonchev–Trinajstić information content (AvgIpc) is 3.31. The number of benzene rings is 3. The summed E-state index contributed by atoms with van der Waals surface area (Å²) >= 11 is 0. The molecule has 44 heavy (non-hydrogen) atoms. The largest absolute Gasteiger partial charge is 0.348 e. The molecule has 2 amide bonds. The van der Waals surface area contributed by atoms with Crippen LogP contribution in [0.15, 0.2) is 89.2 Å². The van der Waals surface area contributed by atoms with Crippen molar-refractivity contribution in [2.75, 3.05) is 31.4 Å². The van der Waals surface area contributed by atoms with Gasteiger partial charge in [-0.1, -0.05) is 36.4 Å². The minimum absolute atomic E-state index is 0.0778. The van der Waals surface area contributed by atoms with E-state index in [2.05, 4.69) is 31.0 Å². The zero-order chi connectivity index (χ0) is 31.2. The van der Waals surface area contributed by atoms with Gasteiger partial charge in [-0.2, -0.15) is 5.10 Å². The zero-order valence-electron chi connectivity index (χ0n) is 24.0. The van der Waals surface area contributed by atoms with E-state index in [0.717, 1.165) is 46.3 Å². The Morgan fingerprint density at radius 1 is 1.02 bits per heavy atom. The molecule has 0 saturated carbocycles. The smallest absolute Gasteiger partial charge is 0.276 e. The van der Waals surface area contributed by atoms with Crippen LogP contribution in [0, 0.1) is 11.6 Å². The van der Waals surface area contributed by atoms with E-state index in [4.69, 9.17) is 0 Å². The molecule has 0 bridgehead atoms. The van der Waals surface area contributed by atoms with Crippen LogP contribution in [0.3, 0.4) is 0 Å². The van der Waals surface area contributed by atoms with Crippen molar-refractivity contribution in [1.29, 1.82) is 0 Å². The highest BCUT2D eigenvalue weighted by Gasteiger charge is 2.26. The van der Waals surface area contributed by atoms with Crippen LogP contribution in [0.1, 0.15) is 32.6 Å². The number of halogens is 2. The fourth-order valence-corrected chi connectivity index (χ4v) is 4.56. The van der Waals surface area contributed by atoms with Gasteiger partial charge in [-0.25, -0.2) is 13.8 Å². The van der Waals surface area contributed by atoms with Crippen LogP contribution in [-0.2, 0) is 17.9 Å². The molecule has 2 heterocycles. The predicted octanol–water partition coefficient (Wildman–Crippen LogP) is 3.84. The van der Waals surface area contributed by atoms with Crippen LogP contribution < -0.4 is 21.6 Å². The lowest BCUT2D eigenvalue weighted by Gasteiger charge is -2.10. The Hall–Kier alpha value is -5.49. The summed E-state index contributed by atoms with van der Waals surface area (Å²) in [5, 5.41) is 9.78. The first-order valence-corrected chi connectivity index (χ1v) is 13.6. The molecule has 1 aromatic heterocycles. The summed E-state index contributed by atoms with van der Waals surface area (Å²) in [5.74, 6) is -2.97. The van der Waals surface area contributed by atoms with Gasteiger partial charge in [-0.05, 0) is 67.2 Å². The van der Waals surface area contributed by atoms with E-state index in [-0.39, 0.29) is 30.3 Å². The summed E-state index contributed by atoms with van der Waals surface area (Å²) in [6, 6.07) is 16.5. The molecule has 3 aromatic carbocycles. The molecule has 0 unspecified atom stereocenters. The zero-order valence-corrected chi connectivity index (χ0v) is 24.0. The van der Waals surface area contributed by atoms with E-state index in [0.29, 0.717) is 16.8 Å². The fourth-order valence-electron chi connectivity index (χ4n) is 4.56. The Balaban J connectivity index is 1.18. The van der Waals surface area contributed by atoms with Crippen molar-refractivity contribution in [3.05, 3.63) is 129 Å². The lowest BCUT2D eigenvalue weighted by Crippen LogP contribution is -2.33. The predicted molar refractivity (Wildman–Crippen MR) is 164 cm³/mol. The minimum atomic E-state index is -1.03. The number of anilines is 2. The molecule has 0 atom stereocenters. The third-order valence-corrected chi connectivity index (χ3v) is 6.68. The molecule has 0 aliphatic carbocycles. The summed E-state index contributed by atoms with van der Waals surface area (Å²) in [6.07, 6.45) is 5.84. The maximum absolute atomic E-state index is 13.5. The van der Waals surface area contributed by atoms with Crippen LogP contribution in [0.4, 0.5) is 20.2 Å². The quantitative estimate of drug-likeness (QED) is 0.239. The Morgan fingerprint density at radius 3 is 2.55 bits per heavy atom. The summed E-state index contributed by atoms with van der Waals surface area (Å²) in [5.41, 5.74) is 6.73. The van der Waals surface area contributed by atoms with Crippen LogP contribution in [0.25, 0.3) is 6.08 Å². The molecule has 0 saturated heterocycles. The maximum atomic E-state index is 13.5. The number of carbonyl (C=O) groups is 2. The molecule has 0 spiro atoms. The van der Waals surface area contributed by atoms with Gasteiger partial charge in [-0.15, -0.1) is 0 Å². The molecule has 0 radical (unpaired) electrons. The van der Waals surface area contributed by atoms with E-state index in [1.54, 1.807) is 24.3 Å². The number of aromatic nitrogens is 2. The highest BCUT2D eigenvalue weighted by Crippen LogP contribution is 2.26. The molecule has 0 fully saturated rings. The van der Waals surface area contributed by atoms with Gasteiger partial charge >= 0.3 is 0 Å². The van der Waals surface area contributed by atoms with E-state index >= 15 is 0 Å². The van der Waals surface area contributed by atoms with Crippen molar-refractivity contribution >= 4 is 35.0 Å². The minimum Gasteiger partial charge on any atom is -0.348 e. The highest BCUT2D eigenvalue weighted by atomic mass is 19.2. The van der Waals surface area contributed by atoms with Crippen molar-refractivity contribution < 1.29 is 18.4 Å². The molecular weight excluding hydrogens is 568 g/mol. The van der Waals surface area contributed by atoms with E-state index in [1.807, 2.05) is 44.4 Å². The van der Waals surface area contributed by atoms with E-state index < -0.39 is 23.1 Å². The Labute approximate surface area is 251 Å². The number of rotatable bonds is 10. The molecular formula is C32H29F2N7O3. The lowest BCUT2D eigenvalue weighted by atomic mass is 10.1. The van der Waals surface area contributed by atoms with Gasteiger partial charge in [0.25, 0.3) is 17.4 Å². The molecule has 12 heteroatoms. The molecule has 10 nitrogen and oxygen atoms in total.